The van der Waals surface area contributed by atoms with Crippen LogP contribution in [0.1, 0.15) is 27.7 Å². The summed E-state index contributed by atoms with van der Waals surface area (Å²) in [5.74, 6) is 0. The lowest BCUT2D eigenvalue weighted by molar-refractivity contribution is 1.31. The minimum atomic E-state index is 0.924. The van der Waals surface area contributed by atoms with Crippen molar-refractivity contribution >= 4 is 73.1 Å². The van der Waals surface area contributed by atoms with Gasteiger partial charge in [0.15, 0.2) is 0 Å². The summed E-state index contributed by atoms with van der Waals surface area (Å²) in [4.78, 5) is 17.7. The van der Waals surface area contributed by atoms with E-state index in [2.05, 4.69) is 91.6 Å². The summed E-state index contributed by atoms with van der Waals surface area (Å²) in [5.41, 5.74) is 8.91. The van der Waals surface area contributed by atoms with Crippen molar-refractivity contribution in [3.8, 4) is 0 Å². The average molecular weight is 471 g/mol. The molecule has 4 aromatic heterocycles. The molecule has 2 aliphatic heterocycles. The quantitative estimate of drug-likeness (QED) is 0.274. The molecule has 144 valence electrons. The molecule has 0 radical (unpaired) electrons. The maximum Gasteiger partial charge on any atom is 0.0744 e. The summed E-state index contributed by atoms with van der Waals surface area (Å²) < 4.78 is 1.11. The van der Waals surface area contributed by atoms with Crippen molar-refractivity contribution in [3.63, 3.8) is 0 Å². The Morgan fingerprint density at radius 2 is 1.27 bits per heavy atom. The van der Waals surface area contributed by atoms with Crippen LogP contribution in [0.25, 0.3) is 45.9 Å². The molecule has 4 aromatic rings. The summed E-state index contributed by atoms with van der Waals surface area (Å²) in [5, 5.41) is 0. The van der Waals surface area contributed by atoms with Crippen LogP contribution in [0.5, 0.6) is 0 Å². The van der Waals surface area contributed by atoms with Gasteiger partial charge in [0.05, 0.1) is 26.6 Å². The predicted octanol–water partition coefficient (Wildman–Crippen LogP) is 6.90. The van der Waals surface area contributed by atoms with Gasteiger partial charge in [0.2, 0.25) is 0 Å². The fraction of sp³-hybridized carbons (Fsp3) is 0. The number of nitrogens with zero attached hydrogens (tertiary/aromatic N) is 2. The fourth-order valence-electron chi connectivity index (χ4n) is 3.67. The molecule has 2 N–H and O–H groups in total. The maximum absolute atomic E-state index is 4.91. The number of aromatic nitrogens is 4. The van der Waals surface area contributed by atoms with E-state index in [-0.39, 0.29) is 0 Å². The average Bonchev–Trinajstić information content (AvgIpc) is 3.51. The fourth-order valence-corrected chi connectivity index (χ4v) is 5.08. The first-order chi connectivity index (χ1) is 14.7. The first-order valence-electron chi connectivity index (χ1n) is 9.52. The Morgan fingerprint density at radius 3 is 1.87 bits per heavy atom. The zero-order chi connectivity index (χ0) is 20.1. The van der Waals surface area contributed by atoms with Gasteiger partial charge in [0, 0.05) is 32.5 Å². The van der Waals surface area contributed by atoms with E-state index >= 15 is 0 Å². The van der Waals surface area contributed by atoms with Gasteiger partial charge >= 0.3 is 0 Å². The highest BCUT2D eigenvalue weighted by Crippen LogP contribution is 2.35. The highest BCUT2D eigenvalue weighted by atomic mass is 79.9. The second kappa shape index (κ2) is 6.93. The SMILES string of the molecule is Brc1ccc(C2=Cc3cc4ccc(cc5nc(cc6ccc(cc2n3)[nH]6)C=C5)[nH]4)s1. The molecule has 0 fully saturated rings. The third-order valence-electron chi connectivity index (χ3n) is 5.00. The molecule has 0 saturated heterocycles. The Balaban J connectivity index is 1.65. The molecule has 8 bridgehead atoms. The molecule has 6 rings (SSSR count). The van der Waals surface area contributed by atoms with Crippen LogP contribution in [0, 0.1) is 0 Å². The van der Waals surface area contributed by atoms with Crippen LogP contribution in [0.4, 0.5) is 0 Å². The second-order valence-corrected chi connectivity index (χ2v) is 9.66. The molecule has 0 amide bonds. The Hall–Kier alpha value is -3.22. The molecule has 0 atom stereocenters. The van der Waals surface area contributed by atoms with E-state index in [4.69, 9.17) is 4.98 Å². The zero-order valence-corrected chi connectivity index (χ0v) is 18.1. The Morgan fingerprint density at radius 1 is 0.667 bits per heavy atom. The molecule has 0 aliphatic carbocycles. The number of H-pyrrole nitrogens is 2. The van der Waals surface area contributed by atoms with E-state index in [1.54, 1.807) is 11.3 Å². The molecule has 2 aliphatic rings. The van der Waals surface area contributed by atoms with Gasteiger partial charge in [-0.2, -0.15) is 0 Å². The number of fused-ring (bicyclic) bond motifs is 8. The number of halogens is 1. The van der Waals surface area contributed by atoms with E-state index in [9.17, 15) is 0 Å². The van der Waals surface area contributed by atoms with Crippen LogP contribution in [-0.4, -0.2) is 19.9 Å². The van der Waals surface area contributed by atoms with Gasteiger partial charge in [-0.05, 0) is 94.8 Å². The van der Waals surface area contributed by atoms with Gasteiger partial charge in [-0.25, -0.2) is 9.97 Å². The number of hydrogen-bond donors (Lipinski definition) is 2. The number of thiophene rings is 1. The van der Waals surface area contributed by atoms with Crippen molar-refractivity contribution in [3.05, 3.63) is 92.1 Å². The molecule has 30 heavy (non-hydrogen) atoms. The minimum Gasteiger partial charge on any atom is -0.355 e. The third kappa shape index (κ3) is 3.34. The predicted molar refractivity (Wildman–Crippen MR) is 129 cm³/mol. The van der Waals surface area contributed by atoms with Crippen LogP contribution in [0.3, 0.4) is 0 Å². The number of rotatable bonds is 1. The molecular weight excluding hydrogens is 456 g/mol. The third-order valence-corrected chi connectivity index (χ3v) is 6.66. The molecule has 0 saturated carbocycles. The van der Waals surface area contributed by atoms with Crippen molar-refractivity contribution in [2.24, 2.45) is 0 Å². The first-order valence-corrected chi connectivity index (χ1v) is 11.1. The van der Waals surface area contributed by atoms with Crippen molar-refractivity contribution < 1.29 is 0 Å². The van der Waals surface area contributed by atoms with Crippen LogP contribution in [0.15, 0.2) is 64.5 Å². The van der Waals surface area contributed by atoms with Crippen molar-refractivity contribution in [2.45, 2.75) is 0 Å². The van der Waals surface area contributed by atoms with Gasteiger partial charge in [-0.15, -0.1) is 11.3 Å². The lowest BCUT2D eigenvalue weighted by Crippen LogP contribution is -1.81. The Labute approximate surface area is 184 Å². The lowest BCUT2D eigenvalue weighted by atomic mass is 10.1. The largest absolute Gasteiger partial charge is 0.355 e. The molecule has 0 aromatic carbocycles. The first kappa shape index (κ1) is 17.6. The zero-order valence-electron chi connectivity index (χ0n) is 15.7. The van der Waals surface area contributed by atoms with Crippen LogP contribution in [-0.2, 0) is 0 Å². The normalized spacial score (nSPS) is 12.9. The summed E-state index contributed by atoms with van der Waals surface area (Å²) >= 11 is 5.29. The number of hydrogen-bond acceptors (Lipinski definition) is 3. The summed E-state index contributed by atoms with van der Waals surface area (Å²) in [7, 11) is 0. The Kier molecular flexibility index (Phi) is 4.07. The maximum atomic E-state index is 4.91. The van der Waals surface area contributed by atoms with Crippen molar-refractivity contribution in [1.82, 2.24) is 19.9 Å². The molecular formula is C24H15BrN4S. The number of nitrogens with one attached hydrogen (secondary N) is 2. The van der Waals surface area contributed by atoms with E-state index in [0.29, 0.717) is 0 Å². The molecule has 0 spiro atoms. The van der Waals surface area contributed by atoms with Crippen molar-refractivity contribution in [2.75, 3.05) is 0 Å². The molecule has 6 heteroatoms. The van der Waals surface area contributed by atoms with Gasteiger partial charge in [0.1, 0.15) is 0 Å². The highest BCUT2D eigenvalue weighted by Gasteiger charge is 2.14. The topological polar surface area (TPSA) is 57.4 Å². The molecule has 6 heterocycles. The van der Waals surface area contributed by atoms with Gasteiger partial charge in [-0.1, -0.05) is 0 Å². The van der Waals surface area contributed by atoms with E-state index in [1.807, 2.05) is 18.2 Å². The van der Waals surface area contributed by atoms with E-state index < -0.39 is 0 Å². The minimum absolute atomic E-state index is 0.924. The number of aromatic amines is 2. The van der Waals surface area contributed by atoms with E-state index in [1.165, 1.54) is 4.88 Å². The molecule has 0 unspecified atom stereocenters. The van der Waals surface area contributed by atoms with Crippen molar-refractivity contribution in [1.29, 1.82) is 0 Å². The van der Waals surface area contributed by atoms with Gasteiger partial charge in [0.25, 0.3) is 0 Å². The lowest BCUT2D eigenvalue weighted by Gasteiger charge is -1.96. The Bertz CT molecular complexity index is 1520. The second-order valence-electron chi connectivity index (χ2n) is 7.19. The van der Waals surface area contributed by atoms with Crippen LogP contribution < -0.4 is 0 Å². The standard InChI is InChI=1S/C24H15BrN4S/c25-24-8-7-23(30-24)21-12-20-11-18-4-3-16(27-18)9-14-1-2-15(26-14)10-17-5-6-19(28-17)13-22(21)29-20/h1-13,27-28H. The van der Waals surface area contributed by atoms with E-state index in [0.717, 1.165) is 54.2 Å². The summed E-state index contributed by atoms with van der Waals surface area (Å²) in [6, 6.07) is 20.7. The molecule has 4 nitrogen and oxygen atoms in total. The summed E-state index contributed by atoms with van der Waals surface area (Å²) in [6.07, 6.45) is 6.20. The highest BCUT2D eigenvalue weighted by molar-refractivity contribution is 9.11. The summed E-state index contributed by atoms with van der Waals surface area (Å²) in [6.45, 7) is 0. The van der Waals surface area contributed by atoms with Crippen LogP contribution in [0.2, 0.25) is 0 Å². The monoisotopic (exact) mass is 470 g/mol. The smallest absolute Gasteiger partial charge is 0.0744 e. The van der Waals surface area contributed by atoms with Gasteiger partial charge in [-0.3, -0.25) is 0 Å². The van der Waals surface area contributed by atoms with Crippen LogP contribution >= 0.6 is 27.3 Å². The van der Waals surface area contributed by atoms with Gasteiger partial charge < -0.3 is 9.97 Å².